The predicted octanol–water partition coefficient (Wildman–Crippen LogP) is 2.75. The van der Waals surface area contributed by atoms with Crippen molar-refractivity contribution in [2.45, 2.75) is 4.84 Å². The quantitative estimate of drug-likeness (QED) is 0.626. The molecule has 0 saturated carbocycles. The molecule has 16 heavy (non-hydrogen) atoms. The van der Waals surface area contributed by atoms with Crippen LogP contribution in [0.2, 0.25) is 0 Å². The second kappa shape index (κ2) is 3.57. The lowest BCUT2D eigenvalue weighted by Crippen LogP contribution is -1.92. The lowest BCUT2D eigenvalue weighted by atomic mass is 10.3. The Balaban J connectivity index is 2.41. The third-order valence-corrected chi connectivity index (χ3v) is 2.67. The SMILES string of the molecule is ClC(Cl)c1nc2ccc3ncccc3n2n1. The van der Waals surface area contributed by atoms with Gasteiger partial charge in [0.05, 0.1) is 11.0 Å². The monoisotopic (exact) mass is 252 g/mol. The first-order valence-corrected chi connectivity index (χ1v) is 5.51. The Kier molecular flexibility index (Phi) is 2.19. The molecule has 80 valence electrons. The summed E-state index contributed by atoms with van der Waals surface area (Å²) in [5.41, 5.74) is 2.45. The van der Waals surface area contributed by atoms with E-state index >= 15 is 0 Å². The van der Waals surface area contributed by atoms with Gasteiger partial charge in [-0.25, -0.2) is 9.50 Å². The van der Waals surface area contributed by atoms with E-state index in [0.717, 1.165) is 11.0 Å². The van der Waals surface area contributed by atoms with Crippen LogP contribution >= 0.6 is 23.2 Å². The first kappa shape index (κ1) is 9.81. The number of nitrogens with zero attached hydrogens (tertiary/aromatic N) is 4. The van der Waals surface area contributed by atoms with E-state index in [1.54, 1.807) is 10.7 Å². The predicted molar refractivity (Wildman–Crippen MR) is 62.7 cm³/mol. The number of hydrogen-bond acceptors (Lipinski definition) is 3. The van der Waals surface area contributed by atoms with Crippen LogP contribution < -0.4 is 0 Å². The minimum Gasteiger partial charge on any atom is -0.255 e. The van der Waals surface area contributed by atoms with Crippen molar-refractivity contribution in [2.24, 2.45) is 0 Å². The van der Waals surface area contributed by atoms with Gasteiger partial charge < -0.3 is 0 Å². The Morgan fingerprint density at radius 3 is 2.88 bits per heavy atom. The van der Waals surface area contributed by atoms with Crippen molar-refractivity contribution in [1.82, 2.24) is 19.6 Å². The van der Waals surface area contributed by atoms with E-state index in [2.05, 4.69) is 15.1 Å². The molecule has 0 aliphatic rings. The Labute approximate surface area is 101 Å². The average molecular weight is 253 g/mol. The van der Waals surface area contributed by atoms with Crippen molar-refractivity contribution in [3.05, 3.63) is 36.3 Å². The lowest BCUT2D eigenvalue weighted by Gasteiger charge is -1.97. The van der Waals surface area contributed by atoms with Crippen LogP contribution in [0.3, 0.4) is 0 Å². The maximum Gasteiger partial charge on any atom is 0.184 e. The highest BCUT2D eigenvalue weighted by atomic mass is 35.5. The number of halogens is 2. The largest absolute Gasteiger partial charge is 0.255 e. The van der Waals surface area contributed by atoms with Gasteiger partial charge >= 0.3 is 0 Å². The van der Waals surface area contributed by atoms with E-state index in [9.17, 15) is 0 Å². The van der Waals surface area contributed by atoms with E-state index < -0.39 is 4.84 Å². The molecule has 0 aliphatic carbocycles. The first-order valence-electron chi connectivity index (χ1n) is 4.64. The molecule has 0 bridgehead atoms. The summed E-state index contributed by atoms with van der Waals surface area (Å²) >= 11 is 11.5. The van der Waals surface area contributed by atoms with Crippen LogP contribution in [0, 0.1) is 0 Å². The fourth-order valence-electron chi connectivity index (χ4n) is 1.59. The van der Waals surface area contributed by atoms with Crippen LogP contribution in [0.15, 0.2) is 30.5 Å². The van der Waals surface area contributed by atoms with Crippen molar-refractivity contribution in [1.29, 1.82) is 0 Å². The second-order valence-corrected chi connectivity index (χ2v) is 4.38. The molecule has 0 radical (unpaired) electrons. The molecule has 4 nitrogen and oxygen atoms in total. The molecule has 0 unspecified atom stereocenters. The van der Waals surface area contributed by atoms with E-state index in [1.807, 2.05) is 24.3 Å². The van der Waals surface area contributed by atoms with E-state index in [1.165, 1.54) is 0 Å². The Morgan fingerprint density at radius 1 is 1.19 bits per heavy atom. The zero-order valence-electron chi connectivity index (χ0n) is 8.01. The summed E-state index contributed by atoms with van der Waals surface area (Å²) in [7, 11) is 0. The van der Waals surface area contributed by atoms with Crippen LogP contribution in [0.5, 0.6) is 0 Å². The zero-order valence-corrected chi connectivity index (χ0v) is 9.52. The fourth-order valence-corrected chi connectivity index (χ4v) is 1.77. The smallest absolute Gasteiger partial charge is 0.184 e. The molecule has 6 heteroatoms. The summed E-state index contributed by atoms with van der Waals surface area (Å²) in [5.74, 6) is 0.402. The van der Waals surface area contributed by atoms with Crippen molar-refractivity contribution >= 4 is 39.9 Å². The summed E-state index contributed by atoms with van der Waals surface area (Å²) in [6.07, 6.45) is 1.73. The van der Waals surface area contributed by atoms with E-state index in [0.29, 0.717) is 11.5 Å². The van der Waals surface area contributed by atoms with Gasteiger partial charge in [-0.15, -0.1) is 5.10 Å². The molecule has 3 aromatic heterocycles. The molecule has 0 aliphatic heterocycles. The molecule has 0 N–H and O–H groups in total. The summed E-state index contributed by atoms with van der Waals surface area (Å²) in [5, 5.41) is 4.24. The van der Waals surface area contributed by atoms with Gasteiger partial charge in [-0.3, -0.25) is 4.98 Å². The third-order valence-electron chi connectivity index (χ3n) is 2.28. The molecular weight excluding hydrogens is 247 g/mol. The van der Waals surface area contributed by atoms with Crippen molar-refractivity contribution in [2.75, 3.05) is 0 Å². The zero-order chi connectivity index (χ0) is 11.1. The molecule has 0 aromatic carbocycles. The van der Waals surface area contributed by atoms with Crippen LogP contribution in [0.1, 0.15) is 10.7 Å². The summed E-state index contributed by atoms with van der Waals surface area (Å²) < 4.78 is 1.69. The van der Waals surface area contributed by atoms with Gasteiger partial charge in [0.1, 0.15) is 0 Å². The highest BCUT2D eigenvalue weighted by Gasteiger charge is 2.12. The fraction of sp³-hybridized carbons (Fsp3) is 0.100. The molecule has 3 rings (SSSR count). The van der Waals surface area contributed by atoms with Gasteiger partial charge in [0, 0.05) is 6.20 Å². The highest BCUT2D eigenvalue weighted by molar-refractivity contribution is 6.43. The van der Waals surface area contributed by atoms with Gasteiger partial charge in [-0.1, -0.05) is 23.2 Å². The summed E-state index contributed by atoms with van der Waals surface area (Å²) in [4.78, 5) is 7.74. The molecule has 3 heterocycles. The lowest BCUT2D eigenvalue weighted by molar-refractivity contribution is 0.945. The maximum absolute atomic E-state index is 5.74. The highest BCUT2D eigenvalue weighted by Crippen LogP contribution is 2.22. The summed E-state index contributed by atoms with van der Waals surface area (Å²) in [6, 6.07) is 7.50. The number of hydrogen-bond donors (Lipinski definition) is 0. The number of pyridine rings is 2. The molecule has 3 aromatic rings. The van der Waals surface area contributed by atoms with E-state index in [-0.39, 0.29) is 0 Å². The molecule has 0 saturated heterocycles. The van der Waals surface area contributed by atoms with Crippen LogP contribution in [-0.4, -0.2) is 19.6 Å². The molecule has 0 fully saturated rings. The first-order chi connectivity index (χ1) is 7.75. The third kappa shape index (κ3) is 1.42. The Hall–Kier alpha value is -1.39. The van der Waals surface area contributed by atoms with Crippen LogP contribution in [0.25, 0.3) is 16.7 Å². The number of alkyl halides is 2. The van der Waals surface area contributed by atoms with Crippen molar-refractivity contribution in [3.8, 4) is 0 Å². The average Bonchev–Trinajstić information content (AvgIpc) is 2.73. The molecule has 0 spiro atoms. The second-order valence-electron chi connectivity index (χ2n) is 3.28. The van der Waals surface area contributed by atoms with E-state index in [4.69, 9.17) is 23.2 Å². The van der Waals surface area contributed by atoms with Crippen molar-refractivity contribution < 1.29 is 0 Å². The molecule has 0 atom stereocenters. The van der Waals surface area contributed by atoms with Crippen LogP contribution in [-0.2, 0) is 0 Å². The Bertz CT molecular complexity index is 662. The number of aromatic nitrogens is 4. The maximum atomic E-state index is 5.74. The van der Waals surface area contributed by atoms with Gasteiger partial charge in [0.2, 0.25) is 0 Å². The van der Waals surface area contributed by atoms with Gasteiger partial charge in [0.15, 0.2) is 16.3 Å². The molecule has 0 amide bonds. The topological polar surface area (TPSA) is 43.1 Å². The van der Waals surface area contributed by atoms with Crippen LogP contribution in [0.4, 0.5) is 0 Å². The normalized spacial score (nSPS) is 11.7. The minimum absolute atomic E-state index is 0.402. The van der Waals surface area contributed by atoms with Gasteiger partial charge in [0.25, 0.3) is 0 Å². The summed E-state index contributed by atoms with van der Waals surface area (Å²) in [6.45, 7) is 0. The minimum atomic E-state index is -0.716. The number of rotatable bonds is 1. The molecular formula is C10H6Cl2N4. The van der Waals surface area contributed by atoms with Gasteiger partial charge in [-0.2, -0.15) is 0 Å². The van der Waals surface area contributed by atoms with Crippen molar-refractivity contribution in [3.63, 3.8) is 0 Å². The Morgan fingerprint density at radius 2 is 2.06 bits per heavy atom. The van der Waals surface area contributed by atoms with Gasteiger partial charge in [-0.05, 0) is 24.3 Å². The number of fused-ring (bicyclic) bond motifs is 3. The standard InChI is InChI=1S/C10H6Cl2N4/c11-9(12)10-14-8-4-3-6-7(16(8)15-10)2-1-5-13-6/h1-5,9H.